The molecule has 2 fully saturated rings. The van der Waals surface area contributed by atoms with Crippen LogP contribution >= 0.6 is 0 Å². The van der Waals surface area contributed by atoms with Crippen molar-refractivity contribution in [2.24, 2.45) is 5.41 Å². The van der Waals surface area contributed by atoms with Crippen molar-refractivity contribution >= 4 is 11.8 Å². The van der Waals surface area contributed by atoms with E-state index in [1.807, 2.05) is 16.0 Å². The molecule has 0 aromatic carbocycles. The summed E-state index contributed by atoms with van der Waals surface area (Å²) in [6.07, 6.45) is 11.5. The van der Waals surface area contributed by atoms with E-state index in [-0.39, 0.29) is 17.2 Å². The molecule has 31 heavy (non-hydrogen) atoms. The molecule has 2 saturated heterocycles. The number of likely N-dealkylation sites (tertiary alicyclic amines) is 1. The van der Waals surface area contributed by atoms with E-state index >= 15 is 0 Å². The zero-order chi connectivity index (χ0) is 21.5. The monoisotopic (exact) mass is 428 g/mol. The lowest BCUT2D eigenvalue weighted by atomic mass is 9.77. The van der Waals surface area contributed by atoms with E-state index < -0.39 is 11.7 Å². The highest BCUT2D eigenvalue weighted by Crippen LogP contribution is 2.42. The Bertz CT molecular complexity index is 867. The van der Waals surface area contributed by atoms with Gasteiger partial charge in [-0.2, -0.15) is 0 Å². The topological polar surface area (TPSA) is 76.9 Å². The molecule has 2 unspecified atom stereocenters. The van der Waals surface area contributed by atoms with Crippen molar-refractivity contribution in [2.75, 3.05) is 39.4 Å². The Balaban J connectivity index is 1.32. The summed E-state index contributed by atoms with van der Waals surface area (Å²) in [5, 5.41) is 0. The summed E-state index contributed by atoms with van der Waals surface area (Å²) >= 11 is 0. The van der Waals surface area contributed by atoms with Gasteiger partial charge < -0.3 is 23.8 Å². The van der Waals surface area contributed by atoms with Crippen LogP contribution in [0, 0.1) is 5.41 Å². The molecule has 5 rings (SSSR count). The molecule has 4 heterocycles. The van der Waals surface area contributed by atoms with E-state index in [1.165, 1.54) is 0 Å². The van der Waals surface area contributed by atoms with E-state index in [0.29, 0.717) is 58.8 Å². The molecular formula is C23H32N4O4. The van der Waals surface area contributed by atoms with Gasteiger partial charge in [-0.1, -0.05) is 19.1 Å². The number of allylic oxidation sites excluding steroid dienone is 2. The number of piperidine rings is 1. The molecule has 0 N–H and O–H groups in total. The van der Waals surface area contributed by atoms with Gasteiger partial charge in [0.2, 0.25) is 5.91 Å². The fourth-order valence-electron chi connectivity index (χ4n) is 5.47. The molecule has 0 saturated carbocycles. The number of nitrogens with zero attached hydrogens (tertiary/aromatic N) is 4. The molecule has 8 heteroatoms. The maximum absolute atomic E-state index is 13.3. The van der Waals surface area contributed by atoms with Gasteiger partial charge in [0, 0.05) is 51.4 Å². The number of aromatic nitrogens is 2. The van der Waals surface area contributed by atoms with Crippen LogP contribution in [0.2, 0.25) is 0 Å². The Morgan fingerprint density at radius 2 is 1.84 bits per heavy atom. The number of morpholine rings is 1. The Labute approximate surface area is 183 Å². The Morgan fingerprint density at radius 1 is 1.06 bits per heavy atom. The summed E-state index contributed by atoms with van der Waals surface area (Å²) in [4.78, 5) is 34.9. The maximum Gasteiger partial charge on any atom is 0.253 e. The summed E-state index contributed by atoms with van der Waals surface area (Å²) < 4.78 is 14.0. The number of hydrogen-bond acceptors (Lipinski definition) is 5. The molecule has 1 aliphatic carbocycles. The van der Waals surface area contributed by atoms with Crippen molar-refractivity contribution in [3.63, 3.8) is 0 Å². The highest BCUT2D eigenvalue weighted by Gasteiger charge is 2.49. The first-order chi connectivity index (χ1) is 15.0. The number of hydrogen-bond donors (Lipinski definition) is 0. The minimum atomic E-state index is -0.613. The average Bonchev–Trinajstić information content (AvgIpc) is 3.29. The van der Waals surface area contributed by atoms with Crippen molar-refractivity contribution < 1.29 is 19.1 Å². The van der Waals surface area contributed by atoms with Crippen LogP contribution in [-0.4, -0.2) is 76.7 Å². The van der Waals surface area contributed by atoms with E-state index in [4.69, 9.17) is 9.47 Å². The Morgan fingerprint density at radius 3 is 2.55 bits per heavy atom. The Kier molecular flexibility index (Phi) is 5.38. The summed E-state index contributed by atoms with van der Waals surface area (Å²) in [5.74, 6) is 1.16. The highest BCUT2D eigenvalue weighted by atomic mass is 16.5. The van der Waals surface area contributed by atoms with Crippen LogP contribution in [-0.2, 0) is 31.2 Å². The van der Waals surface area contributed by atoms with Gasteiger partial charge in [0.1, 0.15) is 11.4 Å². The number of imidazole rings is 1. The van der Waals surface area contributed by atoms with Gasteiger partial charge in [0.05, 0.1) is 25.2 Å². The maximum atomic E-state index is 13.3. The van der Waals surface area contributed by atoms with Crippen LogP contribution in [0.4, 0.5) is 0 Å². The first kappa shape index (κ1) is 20.7. The molecule has 1 aromatic rings. The summed E-state index contributed by atoms with van der Waals surface area (Å²) in [6, 6.07) is 0. The van der Waals surface area contributed by atoms with Crippen LogP contribution < -0.4 is 0 Å². The third kappa shape index (κ3) is 3.69. The lowest BCUT2D eigenvalue weighted by molar-refractivity contribution is -0.186. The first-order valence-corrected chi connectivity index (χ1v) is 11.5. The standard InChI is InChI=1S/C23H32N4O4/c1-22(5-3-2-4-6-22)21(29)26-10-7-23(8-11-26)20-24-9-12-27(20)17-18(31-23)19(28)25-13-15-30-16-14-25/h2-3,9,12,18H,4-8,10-11,13-17H2,1H3. The molecule has 0 radical (unpaired) electrons. The van der Waals surface area contributed by atoms with Gasteiger partial charge in [-0.3, -0.25) is 9.59 Å². The molecule has 1 aromatic heterocycles. The molecule has 2 amide bonds. The summed E-state index contributed by atoms with van der Waals surface area (Å²) in [7, 11) is 0. The van der Waals surface area contributed by atoms with Crippen LogP contribution in [0.15, 0.2) is 24.5 Å². The summed E-state index contributed by atoms with van der Waals surface area (Å²) in [6.45, 7) is 6.20. The van der Waals surface area contributed by atoms with Crippen LogP contribution in [0.25, 0.3) is 0 Å². The summed E-state index contributed by atoms with van der Waals surface area (Å²) in [5.41, 5.74) is -0.918. The van der Waals surface area contributed by atoms with E-state index in [1.54, 1.807) is 6.20 Å². The number of carbonyl (C=O) groups excluding carboxylic acids is 2. The second-order valence-corrected chi connectivity index (χ2v) is 9.51. The molecule has 3 aliphatic heterocycles. The molecule has 168 valence electrons. The van der Waals surface area contributed by atoms with Crippen molar-refractivity contribution in [1.82, 2.24) is 19.4 Å². The number of fused-ring (bicyclic) bond motifs is 2. The van der Waals surface area contributed by atoms with Gasteiger partial charge in [-0.15, -0.1) is 0 Å². The lowest BCUT2D eigenvalue weighted by Gasteiger charge is -2.47. The highest BCUT2D eigenvalue weighted by molar-refractivity contribution is 5.83. The zero-order valence-electron chi connectivity index (χ0n) is 18.3. The molecule has 1 spiro atoms. The fraction of sp³-hybridized carbons (Fsp3) is 0.696. The minimum Gasteiger partial charge on any atom is -0.378 e. The molecule has 8 nitrogen and oxygen atoms in total. The van der Waals surface area contributed by atoms with Gasteiger partial charge >= 0.3 is 0 Å². The first-order valence-electron chi connectivity index (χ1n) is 11.5. The predicted octanol–water partition coefficient (Wildman–Crippen LogP) is 1.70. The predicted molar refractivity (Wildman–Crippen MR) is 113 cm³/mol. The lowest BCUT2D eigenvalue weighted by Crippen LogP contribution is -2.57. The second-order valence-electron chi connectivity index (χ2n) is 9.51. The molecule has 0 bridgehead atoms. The smallest absolute Gasteiger partial charge is 0.253 e. The molecule has 4 aliphatic rings. The van der Waals surface area contributed by atoms with E-state index in [0.717, 1.165) is 25.1 Å². The largest absolute Gasteiger partial charge is 0.378 e. The van der Waals surface area contributed by atoms with Crippen LogP contribution in [0.1, 0.15) is 44.9 Å². The fourth-order valence-corrected chi connectivity index (χ4v) is 5.47. The third-order valence-electron chi connectivity index (χ3n) is 7.42. The Hall–Kier alpha value is -2.19. The SMILES string of the molecule is CC1(C(=O)N2CCC3(CC2)OC(C(=O)N2CCOCC2)Cn2ccnc23)CC=CCC1. The zero-order valence-corrected chi connectivity index (χ0v) is 18.3. The second kappa shape index (κ2) is 8.06. The van der Waals surface area contributed by atoms with Gasteiger partial charge in [0.25, 0.3) is 5.91 Å². The normalized spacial score (nSPS) is 30.3. The van der Waals surface area contributed by atoms with Crippen molar-refractivity contribution in [2.45, 2.75) is 57.3 Å². The van der Waals surface area contributed by atoms with Gasteiger partial charge in [-0.25, -0.2) is 4.98 Å². The number of ether oxygens (including phenoxy) is 2. The van der Waals surface area contributed by atoms with Gasteiger partial charge in [0.15, 0.2) is 6.10 Å². The van der Waals surface area contributed by atoms with Crippen LogP contribution in [0.3, 0.4) is 0 Å². The molecular weight excluding hydrogens is 396 g/mol. The molecule has 2 atom stereocenters. The number of rotatable bonds is 2. The minimum absolute atomic E-state index is 0.0297. The van der Waals surface area contributed by atoms with Crippen molar-refractivity contribution in [3.8, 4) is 0 Å². The van der Waals surface area contributed by atoms with Gasteiger partial charge in [-0.05, 0) is 19.3 Å². The van der Waals surface area contributed by atoms with Crippen molar-refractivity contribution in [3.05, 3.63) is 30.4 Å². The average molecular weight is 429 g/mol. The van der Waals surface area contributed by atoms with E-state index in [9.17, 15) is 9.59 Å². The van der Waals surface area contributed by atoms with Crippen molar-refractivity contribution in [1.29, 1.82) is 0 Å². The number of amides is 2. The quantitative estimate of drug-likeness (QED) is 0.671. The number of carbonyl (C=O) groups is 2. The van der Waals surface area contributed by atoms with E-state index in [2.05, 4.69) is 28.6 Å². The van der Waals surface area contributed by atoms with Crippen LogP contribution in [0.5, 0.6) is 0 Å². The third-order valence-corrected chi connectivity index (χ3v) is 7.42.